The maximum atomic E-state index is 5.97. The summed E-state index contributed by atoms with van der Waals surface area (Å²) in [5, 5.41) is 1.09. The van der Waals surface area contributed by atoms with Crippen molar-refractivity contribution in [2.45, 2.75) is 6.61 Å². The SMILES string of the molecule is COc1ccc(-c2ccnc(-c3cc4cc(OCc5ccccc5)ccc4[nH]3)c2)cc1. The van der Waals surface area contributed by atoms with Gasteiger partial charge in [-0.15, -0.1) is 0 Å². The number of aromatic nitrogens is 2. The smallest absolute Gasteiger partial charge is 0.120 e. The fourth-order valence-corrected chi connectivity index (χ4v) is 3.62. The van der Waals surface area contributed by atoms with Gasteiger partial charge in [0.25, 0.3) is 0 Å². The molecule has 0 radical (unpaired) electrons. The van der Waals surface area contributed by atoms with Crippen LogP contribution < -0.4 is 9.47 Å². The van der Waals surface area contributed by atoms with E-state index in [0.29, 0.717) is 6.61 Å². The molecule has 4 heteroatoms. The summed E-state index contributed by atoms with van der Waals surface area (Å²) in [6.07, 6.45) is 1.84. The number of nitrogens with one attached hydrogen (secondary N) is 1. The second-order valence-corrected chi connectivity index (χ2v) is 7.36. The zero-order valence-electron chi connectivity index (χ0n) is 17.2. The summed E-state index contributed by atoms with van der Waals surface area (Å²) >= 11 is 0. The van der Waals surface area contributed by atoms with Crippen molar-refractivity contribution in [3.05, 3.63) is 103 Å². The lowest BCUT2D eigenvalue weighted by Crippen LogP contribution is -1.94. The molecule has 3 aromatic carbocycles. The predicted molar refractivity (Wildman–Crippen MR) is 124 cm³/mol. The Morgan fingerprint density at radius 2 is 1.58 bits per heavy atom. The van der Waals surface area contributed by atoms with Gasteiger partial charge in [-0.2, -0.15) is 0 Å². The van der Waals surface area contributed by atoms with Crippen LogP contribution in [0.1, 0.15) is 5.56 Å². The number of aromatic amines is 1. The zero-order valence-corrected chi connectivity index (χ0v) is 17.2. The zero-order chi connectivity index (χ0) is 21.0. The number of methoxy groups -OCH3 is 1. The molecule has 2 aromatic heterocycles. The van der Waals surface area contributed by atoms with Gasteiger partial charge in [-0.1, -0.05) is 42.5 Å². The Morgan fingerprint density at radius 1 is 0.774 bits per heavy atom. The number of pyridine rings is 1. The van der Waals surface area contributed by atoms with Gasteiger partial charge in [-0.25, -0.2) is 0 Å². The molecule has 0 amide bonds. The number of fused-ring (bicyclic) bond motifs is 1. The molecule has 0 spiro atoms. The molecular weight excluding hydrogens is 384 g/mol. The maximum Gasteiger partial charge on any atom is 0.120 e. The second-order valence-electron chi connectivity index (χ2n) is 7.36. The van der Waals surface area contributed by atoms with Gasteiger partial charge in [0.05, 0.1) is 18.5 Å². The first-order valence-electron chi connectivity index (χ1n) is 10.2. The van der Waals surface area contributed by atoms with Crippen LogP contribution in [-0.2, 0) is 6.61 Å². The van der Waals surface area contributed by atoms with E-state index in [1.165, 1.54) is 0 Å². The summed E-state index contributed by atoms with van der Waals surface area (Å²) in [5.74, 6) is 1.70. The normalized spacial score (nSPS) is 10.9. The third-order valence-electron chi connectivity index (χ3n) is 5.30. The molecule has 0 saturated carbocycles. The standard InChI is InChI=1S/C27H22N2O2/c1-30-23-9-7-20(8-10-23)21-13-14-28-26(16-21)27-17-22-15-24(11-12-25(22)29-27)31-18-19-5-3-2-4-6-19/h2-17,29H,18H2,1H3. The Bertz CT molecular complexity index is 1310. The summed E-state index contributed by atoms with van der Waals surface area (Å²) in [5.41, 5.74) is 6.31. The molecule has 0 aliphatic rings. The van der Waals surface area contributed by atoms with Crippen molar-refractivity contribution >= 4 is 10.9 Å². The van der Waals surface area contributed by atoms with Gasteiger partial charge in [-0.05, 0) is 65.2 Å². The Morgan fingerprint density at radius 3 is 2.39 bits per heavy atom. The van der Waals surface area contributed by atoms with E-state index in [-0.39, 0.29) is 0 Å². The monoisotopic (exact) mass is 406 g/mol. The van der Waals surface area contributed by atoms with Crippen LogP contribution in [0.2, 0.25) is 0 Å². The lowest BCUT2D eigenvalue weighted by atomic mass is 10.1. The highest BCUT2D eigenvalue weighted by molar-refractivity contribution is 5.87. The Kier molecular flexibility index (Phi) is 5.11. The minimum atomic E-state index is 0.551. The topological polar surface area (TPSA) is 47.1 Å². The molecule has 31 heavy (non-hydrogen) atoms. The summed E-state index contributed by atoms with van der Waals surface area (Å²) < 4.78 is 11.2. The van der Waals surface area contributed by atoms with E-state index in [1.807, 2.05) is 54.7 Å². The van der Waals surface area contributed by atoms with E-state index in [1.54, 1.807) is 7.11 Å². The van der Waals surface area contributed by atoms with Crippen LogP contribution in [-0.4, -0.2) is 17.1 Å². The second kappa shape index (κ2) is 8.36. The third-order valence-corrected chi connectivity index (χ3v) is 5.30. The molecule has 0 unspecified atom stereocenters. The van der Waals surface area contributed by atoms with E-state index >= 15 is 0 Å². The average molecular weight is 406 g/mol. The van der Waals surface area contributed by atoms with Crippen LogP contribution >= 0.6 is 0 Å². The molecular formula is C27H22N2O2. The van der Waals surface area contributed by atoms with E-state index in [2.05, 4.69) is 52.4 Å². The highest BCUT2D eigenvalue weighted by Crippen LogP contribution is 2.29. The quantitative estimate of drug-likeness (QED) is 0.351. The largest absolute Gasteiger partial charge is 0.497 e. The first-order chi connectivity index (χ1) is 15.3. The molecule has 0 fully saturated rings. The van der Waals surface area contributed by atoms with Crippen LogP contribution in [0.5, 0.6) is 11.5 Å². The van der Waals surface area contributed by atoms with Gasteiger partial charge in [-0.3, -0.25) is 4.98 Å². The number of benzene rings is 3. The van der Waals surface area contributed by atoms with E-state index in [0.717, 1.165) is 50.5 Å². The molecule has 0 aliphatic heterocycles. The van der Waals surface area contributed by atoms with Crippen molar-refractivity contribution in [2.75, 3.05) is 7.11 Å². The molecule has 152 valence electrons. The highest BCUT2D eigenvalue weighted by atomic mass is 16.5. The van der Waals surface area contributed by atoms with E-state index < -0.39 is 0 Å². The Labute approximate surface area is 181 Å². The lowest BCUT2D eigenvalue weighted by molar-refractivity contribution is 0.306. The van der Waals surface area contributed by atoms with Crippen LogP contribution in [0.25, 0.3) is 33.4 Å². The highest BCUT2D eigenvalue weighted by Gasteiger charge is 2.08. The first-order valence-corrected chi connectivity index (χ1v) is 10.2. The maximum absolute atomic E-state index is 5.97. The number of H-pyrrole nitrogens is 1. The lowest BCUT2D eigenvalue weighted by Gasteiger charge is -2.06. The van der Waals surface area contributed by atoms with Gasteiger partial charge in [0.2, 0.25) is 0 Å². The van der Waals surface area contributed by atoms with Gasteiger partial charge < -0.3 is 14.5 Å². The van der Waals surface area contributed by atoms with Crippen molar-refractivity contribution < 1.29 is 9.47 Å². The van der Waals surface area contributed by atoms with Crippen molar-refractivity contribution in [3.63, 3.8) is 0 Å². The number of hydrogen-bond donors (Lipinski definition) is 1. The van der Waals surface area contributed by atoms with Crippen molar-refractivity contribution in [3.8, 4) is 34.0 Å². The van der Waals surface area contributed by atoms with Gasteiger partial charge >= 0.3 is 0 Å². The molecule has 0 bridgehead atoms. The van der Waals surface area contributed by atoms with Gasteiger partial charge in [0.15, 0.2) is 0 Å². The average Bonchev–Trinajstić information content (AvgIpc) is 3.27. The molecule has 0 aliphatic carbocycles. The molecule has 0 saturated heterocycles. The molecule has 1 N–H and O–H groups in total. The van der Waals surface area contributed by atoms with Crippen LogP contribution in [0.4, 0.5) is 0 Å². The minimum Gasteiger partial charge on any atom is -0.497 e. The molecule has 0 atom stereocenters. The van der Waals surface area contributed by atoms with Crippen molar-refractivity contribution in [1.29, 1.82) is 0 Å². The molecule has 2 heterocycles. The summed E-state index contributed by atoms with van der Waals surface area (Å²) in [6.45, 7) is 0.551. The number of hydrogen-bond acceptors (Lipinski definition) is 3. The first kappa shape index (κ1) is 18.9. The van der Waals surface area contributed by atoms with E-state index in [9.17, 15) is 0 Å². The number of nitrogens with zero attached hydrogens (tertiary/aromatic N) is 1. The fourth-order valence-electron chi connectivity index (χ4n) is 3.62. The summed E-state index contributed by atoms with van der Waals surface area (Å²) in [6, 6.07) is 30.6. The van der Waals surface area contributed by atoms with Crippen molar-refractivity contribution in [1.82, 2.24) is 9.97 Å². The van der Waals surface area contributed by atoms with Crippen LogP contribution in [0.3, 0.4) is 0 Å². The molecule has 5 rings (SSSR count). The van der Waals surface area contributed by atoms with E-state index in [4.69, 9.17) is 9.47 Å². The Hall–Kier alpha value is -4.05. The summed E-state index contributed by atoms with van der Waals surface area (Å²) in [7, 11) is 1.67. The molecule has 5 aromatic rings. The number of rotatable bonds is 6. The van der Waals surface area contributed by atoms with Gasteiger partial charge in [0.1, 0.15) is 18.1 Å². The summed E-state index contributed by atoms with van der Waals surface area (Å²) in [4.78, 5) is 8.05. The van der Waals surface area contributed by atoms with Crippen molar-refractivity contribution in [2.24, 2.45) is 0 Å². The predicted octanol–water partition coefficient (Wildman–Crippen LogP) is 6.48. The van der Waals surface area contributed by atoms with Gasteiger partial charge in [0, 0.05) is 17.1 Å². The Balaban J connectivity index is 1.40. The fraction of sp³-hybridized carbons (Fsp3) is 0.0741. The number of ether oxygens (including phenoxy) is 2. The van der Waals surface area contributed by atoms with Crippen LogP contribution in [0.15, 0.2) is 97.2 Å². The van der Waals surface area contributed by atoms with Crippen LogP contribution in [0, 0.1) is 0 Å². The molecule has 4 nitrogen and oxygen atoms in total. The third kappa shape index (κ3) is 4.14. The minimum absolute atomic E-state index is 0.551.